The third kappa shape index (κ3) is 11.1. The summed E-state index contributed by atoms with van der Waals surface area (Å²) in [6.45, 7) is 12.5. The maximum absolute atomic E-state index is 14.2. The van der Waals surface area contributed by atoms with Crippen LogP contribution in [0.4, 0.5) is 9.18 Å². The Morgan fingerprint density at radius 3 is 2.27 bits per heavy atom. The Balaban J connectivity index is 4.93. The van der Waals surface area contributed by atoms with E-state index >= 15 is 0 Å². The van der Waals surface area contributed by atoms with E-state index in [1.165, 1.54) is 6.92 Å². The Hall–Kier alpha value is -1.63. The van der Waals surface area contributed by atoms with Crippen molar-refractivity contribution in [2.75, 3.05) is 6.61 Å². The number of hydrogen-bond donors (Lipinski definition) is 2. The normalized spacial score (nSPS) is 16.0. The lowest BCUT2D eigenvalue weighted by molar-refractivity contribution is -0.145. The van der Waals surface area contributed by atoms with Crippen LogP contribution in [-0.2, 0) is 14.3 Å². The molecule has 152 valence electrons. The number of aliphatic hydroxyl groups is 1. The molecule has 0 saturated heterocycles. The molecule has 6 nitrogen and oxygen atoms in total. The predicted molar refractivity (Wildman–Crippen MR) is 98.2 cm³/mol. The van der Waals surface area contributed by atoms with Crippen molar-refractivity contribution < 1.29 is 28.6 Å². The lowest BCUT2D eigenvalue weighted by Gasteiger charge is -2.27. The van der Waals surface area contributed by atoms with Crippen molar-refractivity contribution in [1.29, 1.82) is 0 Å². The van der Waals surface area contributed by atoms with Crippen molar-refractivity contribution >= 4 is 12.1 Å². The molecule has 0 aromatic rings. The molecule has 0 aliphatic rings. The van der Waals surface area contributed by atoms with Gasteiger partial charge in [0.25, 0.3) is 0 Å². The number of halogens is 1. The Labute approximate surface area is 156 Å². The first-order chi connectivity index (χ1) is 11.9. The molecular weight excluding hydrogens is 341 g/mol. The Kier molecular flexibility index (Phi) is 10.5. The van der Waals surface area contributed by atoms with Gasteiger partial charge in [0.05, 0.1) is 30.5 Å². The molecule has 3 atom stereocenters. The smallest absolute Gasteiger partial charge is 0.407 e. The van der Waals surface area contributed by atoms with E-state index in [1.54, 1.807) is 27.7 Å². The lowest BCUT2D eigenvalue weighted by atomic mass is 9.96. The summed E-state index contributed by atoms with van der Waals surface area (Å²) in [4.78, 5) is 23.5. The molecule has 0 rings (SSSR count). The number of carbonyl (C=O) groups is 2. The molecular formula is C19H34FNO5. The zero-order valence-corrected chi connectivity index (χ0v) is 17.0. The fraction of sp³-hybridized carbons (Fsp3) is 0.789. The summed E-state index contributed by atoms with van der Waals surface area (Å²) in [5.74, 6) is -1.72. The second-order valence-corrected chi connectivity index (χ2v) is 7.81. The lowest BCUT2D eigenvalue weighted by Crippen LogP contribution is -2.46. The SMILES string of the molecule is CCOC(=O)[C@H](C)/C=C(\F)C[C@H](O)[C@H](CC(C)C)NC(=O)OC(C)(C)C. The van der Waals surface area contributed by atoms with E-state index in [-0.39, 0.29) is 18.9 Å². The van der Waals surface area contributed by atoms with Crippen LogP contribution >= 0.6 is 0 Å². The molecule has 7 heteroatoms. The second-order valence-electron chi connectivity index (χ2n) is 7.81. The van der Waals surface area contributed by atoms with Crippen LogP contribution in [0.15, 0.2) is 11.9 Å². The molecule has 0 aliphatic carbocycles. The molecule has 0 radical (unpaired) electrons. The van der Waals surface area contributed by atoms with Crippen LogP contribution in [0.5, 0.6) is 0 Å². The molecule has 1 amide bonds. The third-order valence-corrected chi connectivity index (χ3v) is 3.39. The topological polar surface area (TPSA) is 84.9 Å². The minimum Gasteiger partial charge on any atom is -0.466 e. The minimum atomic E-state index is -1.14. The maximum atomic E-state index is 14.2. The largest absolute Gasteiger partial charge is 0.466 e. The highest BCUT2D eigenvalue weighted by Crippen LogP contribution is 2.18. The molecule has 0 heterocycles. The number of esters is 1. The number of aliphatic hydroxyl groups excluding tert-OH is 1. The average Bonchev–Trinajstić information content (AvgIpc) is 2.43. The van der Waals surface area contributed by atoms with Crippen molar-refractivity contribution in [3.63, 3.8) is 0 Å². The monoisotopic (exact) mass is 375 g/mol. The highest BCUT2D eigenvalue weighted by atomic mass is 19.1. The zero-order chi connectivity index (χ0) is 20.5. The van der Waals surface area contributed by atoms with Crippen LogP contribution in [0, 0.1) is 11.8 Å². The first-order valence-corrected chi connectivity index (χ1v) is 9.06. The number of nitrogens with one attached hydrogen (secondary N) is 1. The van der Waals surface area contributed by atoms with E-state index in [1.807, 2.05) is 13.8 Å². The van der Waals surface area contributed by atoms with Crippen LogP contribution in [0.3, 0.4) is 0 Å². The molecule has 0 fully saturated rings. The van der Waals surface area contributed by atoms with Gasteiger partial charge in [-0.1, -0.05) is 13.8 Å². The number of alkyl carbamates (subject to hydrolysis) is 1. The van der Waals surface area contributed by atoms with Gasteiger partial charge in [-0.15, -0.1) is 0 Å². The van der Waals surface area contributed by atoms with Crippen molar-refractivity contribution in [3.05, 3.63) is 11.9 Å². The summed E-state index contributed by atoms with van der Waals surface area (Å²) in [6, 6.07) is -0.665. The van der Waals surface area contributed by atoms with Gasteiger partial charge in [0.2, 0.25) is 0 Å². The highest BCUT2D eigenvalue weighted by molar-refractivity contribution is 5.74. The van der Waals surface area contributed by atoms with Gasteiger partial charge in [-0.05, 0) is 53.0 Å². The van der Waals surface area contributed by atoms with Crippen molar-refractivity contribution in [2.24, 2.45) is 11.8 Å². The van der Waals surface area contributed by atoms with E-state index in [0.717, 1.165) is 6.08 Å². The fourth-order valence-electron chi connectivity index (χ4n) is 2.30. The molecule has 0 bridgehead atoms. The van der Waals surface area contributed by atoms with Gasteiger partial charge in [-0.2, -0.15) is 0 Å². The van der Waals surface area contributed by atoms with E-state index in [4.69, 9.17) is 9.47 Å². The van der Waals surface area contributed by atoms with Gasteiger partial charge in [-0.3, -0.25) is 4.79 Å². The number of hydrogen-bond acceptors (Lipinski definition) is 5. The maximum Gasteiger partial charge on any atom is 0.407 e. The quantitative estimate of drug-likeness (QED) is 0.600. The van der Waals surface area contributed by atoms with Crippen molar-refractivity contribution in [3.8, 4) is 0 Å². The van der Waals surface area contributed by atoms with Gasteiger partial charge < -0.3 is 19.9 Å². The average molecular weight is 375 g/mol. The number of ether oxygens (including phenoxy) is 2. The Morgan fingerprint density at radius 2 is 1.81 bits per heavy atom. The Morgan fingerprint density at radius 1 is 1.23 bits per heavy atom. The molecule has 0 aromatic heterocycles. The summed E-state index contributed by atoms with van der Waals surface area (Å²) in [5, 5.41) is 13.0. The number of carbonyl (C=O) groups excluding carboxylic acids is 2. The number of amides is 1. The third-order valence-electron chi connectivity index (χ3n) is 3.39. The zero-order valence-electron chi connectivity index (χ0n) is 17.0. The van der Waals surface area contributed by atoms with Crippen LogP contribution < -0.4 is 5.32 Å². The first kappa shape index (κ1) is 24.4. The van der Waals surface area contributed by atoms with Crippen LogP contribution in [0.25, 0.3) is 0 Å². The van der Waals surface area contributed by atoms with Crippen LogP contribution in [-0.4, -0.2) is 41.5 Å². The summed E-state index contributed by atoms with van der Waals surface area (Å²) in [6.07, 6.45) is -0.527. The first-order valence-electron chi connectivity index (χ1n) is 9.06. The van der Waals surface area contributed by atoms with Crippen molar-refractivity contribution in [1.82, 2.24) is 5.32 Å². The number of rotatable bonds is 9. The molecule has 0 aromatic carbocycles. The summed E-state index contributed by atoms with van der Waals surface area (Å²) >= 11 is 0. The minimum absolute atomic E-state index is 0.176. The molecule has 0 spiro atoms. The second kappa shape index (κ2) is 11.2. The van der Waals surface area contributed by atoms with Crippen LogP contribution in [0.1, 0.15) is 61.3 Å². The fourth-order valence-corrected chi connectivity index (χ4v) is 2.30. The van der Waals surface area contributed by atoms with E-state index in [0.29, 0.717) is 6.42 Å². The van der Waals surface area contributed by atoms with Gasteiger partial charge >= 0.3 is 12.1 Å². The summed E-state index contributed by atoms with van der Waals surface area (Å²) in [5.41, 5.74) is -0.669. The standard InChI is InChI=1S/C19H34FNO5/c1-8-25-17(23)13(4)10-14(20)11-16(22)15(9-12(2)3)21-18(24)26-19(5,6)7/h10,12-13,15-16,22H,8-9,11H2,1-7H3,(H,21,24)/b14-10-/t13-,15+,16+/m1/s1. The summed E-state index contributed by atoms with van der Waals surface area (Å²) in [7, 11) is 0. The molecule has 0 aliphatic heterocycles. The van der Waals surface area contributed by atoms with Crippen LogP contribution in [0.2, 0.25) is 0 Å². The van der Waals surface area contributed by atoms with Gasteiger partial charge in [0.15, 0.2) is 0 Å². The van der Waals surface area contributed by atoms with Gasteiger partial charge in [0, 0.05) is 6.42 Å². The van der Waals surface area contributed by atoms with Gasteiger partial charge in [-0.25, -0.2) is 9.18 Å². The molecule has 0 unspecified atom stereocenters. The van der Waals surface area contributed by atoms with E-state index in [2.05, 4.69) is 5.32 Å². The van der Waals surface area contributed by atoms with Gasteiger partial charge in [0.1, 0.15) is 5.60 Å². The van der Waals surface area contributed by atoms with Crippen molar-refractivity contribution in [2.45, 2.75) is 79.1 Å². The molecule has 26 heavy (non-hydrogen) atoms. The molecule has 0 saturated carbocycles. The summed E-state index contributed by atoms with van der Waals surface area (Å²) < 4.78 is 24.2. The molecule has 2 N–H and O–H groups in total. The highest BCUT2D eigenvalue weighted by Gasteiger charge is 2.26. The Bertz CT molecular complexity index is 485. The van der Waals surface area contributed by atoms with E-state index in [9.17, 15) is 19.1 Å². The van der Waals surface area contributed by atoms with E-state index < -0.39 is 41.6 Å². The predicted octanol–water partition coefficient (Wildman–Crippen LogP) is 3.73.